The fourth-order valence-corrected chi connectivity index (χ4v) is 1.76. The summed E-state index contributed by atoms with van der Waals surface area (Å²) in [6, 6.07) is 0. The molecule has 0 aliphatic carbocycles. The van der Waals surface area contributed by atoms with E-state index in [1.807, 2.05) is 0 Å². The summed E-state index contributed by atoms with van der Waals surface area (Å²) in [5.41, 5.74) is 0. The van der Waals surface area contributed by atoms with Gasteiger partial charge in [-0.25, -0.2) is 0 Å². The van der Waals surface area contributed by atoms with Gasteiger partial charge in [0.15, 0.2) is 0 Å². The first kappa shape index (κ1) is 11.6. The van der Waals surface area contributed by atoms with E-state index in [9.17, 15) is 3.08 Å². The molecule has 2 nitrogen and oxygen atoms in total. The molecule has 0 bridgehead atoms. The first-order chi connectivity index (χ1) is 5.41. The monoisotopic (exact) mass is 266 g/mol. The van der Waals surface area contributed by atoms with Crippen LogP contribution in [0.5, 0.6) is 0 Å². The summed E-state index contributed by atoms with van der Waals surface area (Å²) >= 11 is -1.75. The van der Waals surface area contributed by atoms with Crippen LogP contribution in [0.25, 0.3) is 0 Å². The Morgan fingerprint density at radius 1 is 1.09 bits per heavy atom. The van der Waals surface area contributed by atoms with E-state index in [2.05, 4.69) is 6.92 Å². The number of rotatable bonds is 8. The van der Waals surface area contributed by atoms with Crippen molar-refractivity contribution in [3.8, 4) is 0 Å². The second kappa shape index (κ2) is 10.6. The van der Waals surface area contributed by atoms with Crippen LogP contribution in [0, 0.1) is 0 Å². The SMILES string of the molecule is CCCCCCCC[O][SnH]=[O]. The van der Waals surface area contributed by atoms with Crippen LogP contribution in [-0.4, -0.2) is 28.1 Å². The van der Waals surface area contributed by atoms with Crippen molar-refractivity contribution in [1.82, 2.24) is 0 Å². The molecule has 0 saturated carbocycles. The quantitative estimate of drug-likeness (QED) is 0.496. The summed E-state index contributed by atoms with van der Waals surface area (Å²) in [7, 11) is 0. The molecule has 0 rings (SSSR count). The predicted octanol–water partition coefficient (Wildman–Crippen LogP) is 2.06. The Bertz CT molecular complexity index is 86.2. The summed E-state index contributed by atoms with van der Waals surface area (Å²) in [5, 5.41) is 0. The molecule has 11 heavy (non-hydrogen) atoms. The van der Waals surface area contributed by atoms with Gasteiger partial charge in [0.25, 0.3) is 0 Å². The molecule has 66 valence electrons. The summed E-state index contributed by atoms with van der Waals surface area (Å²) in [6.45, 7) is 2.95. The molecule has 3 heteroatoms. The number of hydrogen-bond donors (Lipinski definition) is 0. The summed E-state index contributed by atoms with van der Waals surface area (Å²) in [6.07, 6.45) is 7.63. The van der Waals surface area contributed by atoms with E-state index in [1.54, 1.807) is 0 Å². The maximum absolute atomic E-state index is 10.0. The van der Waals surface area contributed by atoms with Crippen molar-refractivity contribution < 1.29 is 6.15 Å². The van der Waals surface area contributed by atoms with Crippen LogP contribution in [-0.2, 0) is 6.15 Å². The van der Waals surface area contributed by atoms with Crippen LogP contribution in [0.3, 0.4) is 0 Å². The van der Waals surface area contributed by atoms with Gasteiger partial charge in [-0.15, -0.1) is 0 Å². The molecule has 0 radical (unpaired) electrons. The molecule has 0 aliphatic rings. The zero-order valence-corrected chi connectivity index (χ0v) is 10.6. The summed E-state index contributed by atoms with van der Waals surface area (Å²) < 4.78 is 14.9. The van der Waals surface area contributed by atoms with Crippen LogP contribution >= 0.6 is 0 Å². The minimum absolute atomic E-state index is 0.733. The van der Waals surface area contributed by atoms with Gasteiger partial charge in [0.05, 0.1) is 0 Å². The van der Waals surface area contributed by atoms with E-state index in [4.69, 9.17) is 3.07 Å². The van der Waals surface area contributed by atoms with E-state index in [1.165, 1.54) is 32.1 Å². The average molecular weight is 265 g/mol. The maximum atomic E-state index is 10.0. The molecule has 0 atom stereocenters. The number of hydrogen-bond acceptors (Lipinski definition) is 2. The first-order valence-corrected chi connectivity index (χ1v) is 7.16. The van der Waals surface area contributed by atoms with Gasteiger partial charge < -0.3 is 0 Å². The standard InChI is InChI=1S/C8H17O.O.Sn.H/c1-2-3-4-5-6-7-8-9;;;/h2-8H2,1H3;;;/q-1;;+1;. The Morgan fingerprint density at radius 2 is 1.73 bits per heavy atom. The van der Waals surface area contributed by atoms with Gasteiger partial charge in [-0.05, 0) is 0 Å². The van der Waals surface area contributed by atoms with Crippen LogP contribution < -0.4 is 0 Å². The molecule has 0 fully saturated rings. The van der Waals surface area contributed by atoms with Gasteiger partial charge >= 0.3 is 79.7 Å². The summed E-state index contributed by atoms with van der Waals surface area (Å²) in [5.74, 6) is 0. The van der Waals surface area contributed by atoms with E-state index < -0.39 is 21.5 Å². The minimum atomic E-state index is -1.75. The molecule has 0 aromatic carbocycles. The second-order valence-corrected chi connectivity index (χ2v) is 4.24. The van der Waals surface area contributed by atoms with E-state index in [0.29, 0.717) is 0 Å². The van der Waals surface area contributed by atoms with Crippen molar-refractivity contribution in [3.63, 3.8) is 0 Å². The Kier molecular flexibility index (Phi) is 11.1. The fourth-order valence-electron chi connectivity index (χ4n) is 1.01. The van der Waals surface area contributed by atoms with Crippen LogP contribution in [0.2, 0.25) is 0 Å². The molecule has 0 aromatic rings. The number of unbranched alkanes of at least 4 members (excludes halogenated alkanes) is 5. The fraction of sp³-hybridized carbons (Fsp3) is 1.00. The Labute approximate surface area is 79.9 Å². The topological polar surface area (TPSA) is 26.3 Å². The average Bonchev–Trinajstić information content (AvgIpc) is 2.03. The van der Waals surface area contributed by atoms with Crippen LogP contribution in [0.15, 0.2) is 0 Å². The van der Waals surface area contributed by atoms with E-state index in [-0.39, 0.29) is 0 Å². The zero-order valence-electron chi connectivity index (χ0n) is 7.34. The first-order valence-electron chi connectivity index (χ1n) is 4.47. The molecular weight excluding hydrogens is 247 g/mol. The van der Waals surface area contributed by atoms with Gasteiger partial charge in [0.2, 0.25) is 0 Å². The van der Waals surface area contributed by atoms with E-state index >= 15 is 0 Å². The molecular formula is C8H18O2Sn. The predicted molar refractivity (Wildman–Crippen MR) is 47.2 cm³/mol. The van der Waals surface area contributed by atoms with Crippen molar-refractivity contribution in [2.45, 2.75) is 45.4 Å². The third kappa shape index (κ3) is 10.6. The Morgan fingerprint density at radius 3 is 2.36 bits per heavy atom. The molecule has 0 aliphatic heterocycles. The van der Waals surface area contributed by atoms with Crippen LogP contribution in [0.4, 0.5) is 0 Å². The Hall–Kier alpha value is 0.559. The van der Waals surface area contributed by atoms with Crippen molar-refractivity contribution in [3.05, 3.63) is 0 Å². The normalized spacial score (nSPS) is 9.91. The van der Waals surface area contributed by atoms with Gasteiger partial charge in [-0.2, -0.15) is 0 Å². The zero-order chi connectivity index (χ0) is 8.36. The molecule has 0 saturated heterocycles. The van der Waals surface area contributed by atoms with E-state index in [0.717, 1.165) is 13.0 Å². The van der Waals surface area contributed by atoms with Crippen molar-refractivity contribution in [2.24, 2.45) is 0 Å². The molecule has 0 aromatic heterocycles. The van der Waals surface area contributed by atoms with Crippen molar-refractivity contribution >= 4 is 21.5 Å². The van der Waals surface area contributed by atoms with Gasteiger partial charge in [-0.1, -0.05) is 0 Å². The molecule has 0 unspecified atom stereocenters. The van der Waals surface area contributed by atoms with Crippen molar-refractivity contribution in [1.29, 1.82) is 0 Å². The summed E-state index contributed by atoms with van der Waals surface area (Å²) in [4.78, 5) is 0. The van der Waals surface area contributed by atoms with Crippen LogP contribution in [0.1, 0.15) is 45.4 Å². The molecule has 0 spiro atoms. The Balaban J connectivity index is 2.74. The van der Waals surface area contributed by atoms with Gasteiger partial charge in [0.1, 0.15) is 0 Å². The third-order valence-corrected chi connectivity index (χ3v) is 2.74. The van der Waals surface area contributed by atoms with Gasteiger partial charge in [0, 0.05) is 0 Å². The molecule has 0 amide bonds. The van der Waals surface area contributed by atoms with Crippen molar-refractivity contribution in [2.75, 3.05) is 6.61 Å². The third-order valence-electron chi connectivity index (χ3n) is 1.68. The van der Waals surface area contributed by atoms with Gasteiger partial charge in [-0.3, -0.25) is 0 Å². The molecule has 0 N–H and O–H groups in total. The second-order valence-electron chi connectivity index (χ2n) is 2.73. The molecule has 0 heterocycles.